The van der Waals surface area contributed by atoms with Crippen molar-refractivity contribution in [2.75, 3.05) is 17.2 Å². The van der Waals surface area contributed by atoms with E-state index in [1.807, 2.05) is 43.6 Å². The Morgan fingerprint density at radius 3 is 2.68 bits per heavy atom. The zero-order valence-electron chi connectivity index (χ0n) is 15.4. The fraction of sp³-hybridized carbons (Fsp3) is 0.190. The van der Waals surface area contributed by atoms with Gasteiger partial charge in [0.2, 0.25) is 5.52 Å². The number of hydrogen-bond acceptors (Lipinski definition) is 4. The van der Waals surface area contributed by atoms with Crippen LogP contribution in [0.5, 0.6) is 0 Å². The number of para-hydroxylation sites is 2. The predicted octanol–water partition coefficient (Wildman–Crippen LogP) is 3.85. The number of aromatic nitrogens is 1. The lowest BCUT2D eigenvalue weighted by atomic mass is 10.1. The zero-order valence-corrected chi connectivity index (χ0v) is 17.1. The summed E-state index contributed by atoms with van der Waals surface area (Å²) >= 11 is 1.68. The first-order valence-corrected chi connectivity index (χ1v) is 11.4. The van der Waals surface area contributed by atoms with E-state index in [0.29, 0.717) is 13.0 Å². The fourth-order valence-electron chi connectivity index (χ4n) is 3.44. The van der Waals surface area contributed by atoms with Crippen LogP contribution < -0.4 is 9.47 Å². The van der Waals surface area contributed by atoms with Crippen LogP contribution in [0.15, 0.2) is 70.7 Å². The van der Waals surface area contributed by atoms with Gasteiger partial charge in [-0.1, -0.05) is 36.0 Å². The van der Waals surface area contributed by atoms with Gasteiger partial charge < -0.3 is 4.90 Å². The van der Waals surface area contributed by atoms with Crippen molar-refractivity contribution in [3.63, 3.8) is 0 Å². The van der Waals surface area contributed by atoms with Crippen LogP contribution in [-0.4, -0.2) is 25.3 Å². The number of thioether (sulfide) groups is 1. The topological polar surface area (TPSA) is 61.5 Å². The SMILES string of the molecule is C[n+]1ccc(C=C2Sc3ccccc3N2CCCS(=O)(=O)O)c2ccccc21. The lowest BCUT2D eigenvalue weighted by molar-refractivity contribution is -0.644. The average molecular weight is 414 g/mol. The Balaban J connectivity index is 1.72. The summed E-state index contributed by atoms with van der Waals surface area (Å²) in [6, 6.07) is 18.5. The van der Waals surface area contributed by atoms with Gasteiger partial charge in [-0.15, -0.1) is 0 Å². The van der Waals surface area contributed by atoms with Gasteiger partial charge >= 0.3 is 0 Å². The highest BCUT2D eigenvalue weighted by Gasteiger charge is 2.25. The Hall–Kier alpha value is -2.35. The molecule has 0 radical (unpaired) electrons. The summed E-state index contributed by atoms with van der Waals surface area (Å²) in [6.45, 7) is 0.522. The molecule has 144 valence electrons. The number of nitrogens with zero attached hydrogens (tertiary/aromatic N) is 2. The number of fused-ring (bicyclic) bond motifs is 2. The first kappa shape index (κ1) is 19.0. The van der Waals surface area contributed by atoms with Crippen LogP contribution >= 0.6 is 11.8 Å². The molecule has 1 aromatic heterocycles. The molecular formula is C21H21N2O3S2+. The minimum Gasteiger partial charge on any atom is -0.335 e. The molecule has 7 heteroatoms. The largest absolute Gasteiger partial charge is 0.335 e. The van der Waals surface area contributed by atoms with Crippen LogP contribution in [0.4, 0.5) is 5.69 Å². The van der Waals surface area contributed by atoms with Gasteiger partial charge in [-0.2, -0.15) is 8.42 Å². The molecule has 1 N–H and O–H groups in total. The Morgan fingerprint density at radius 2 is 1.86 bits per heavy atom. The molecule has 0 unspecified atom stereocenters. The maximum absolute atomic E-state index is 11.1. The third kappa shape index (κ3) is 3.92. The highest BCUT2D eigenvalue weighted by Crippen LogP contribution is 2.46. The molecule has 0 amide bonds. The molecule has 3 aromatic rings. The van der Waals surface area contributed by atoms with Crippen molar-refractivity contribution < 1.29 is 17.5 Å². The summed E-state index contributed by atoms with van der Waals surface area (Å²) < 4.78 is 33.4. The molecule has 4 rings (SSSR count). The van der Waals surface area contributed by atoms with E-state index >= 15 is 0 Å². The number of benzene rings is 2. The number of hydrogen-bond donors (Lipinski definition) is 1. The molecule has 5 nitrogen and oxygen atoms in total. The van der Waals surface area contributed by atoms with Crippen molar-refractivity contribution in [2.45, 2.75) is 11.3 Å². The van der Waals surface area contributed by atoms with Crippen LogP contribution in [0.1, 0.15) is 12.0 Å². The van der Waals surface area contributed by atoms with Gasteiger partial charge in [0.25, 0.3) is 10.1 Å². The van der Waals surface area contributed by atoms with E-state index in [1.54, 1.807) is 11.8 Å². The Kier molecular flexibility index (Phi) is 5.14. The smallest absolute Gasteiger partial charge is 0.264 e. The normalized spacial score (nSPS) is 15.4. The summed E-state index contributed by atoms with van der Waals surface area (Å²) in [5.41, 5.74) is 3.33. The summed E-state index contributed by atoms with van der Waals surface area (Å²) in [5, 5.41) is 2.21. The highest BCUT2D eigenvalue weighted by molar-refractivity contribution is 8.03. The lowest BCUT2D eigenvalue weighted by Gasteiger charge is -2.20. The van der Waals surface area contributed by atoms with Gasteiger partial charge in [-0.05, 0) is 36.3 Å². The average Bonchev–Trinajstić information content (AvgIpc) is 3.01. The second kappa shape index (κ2) is 7.58. The van der Waals surface area contributed by atoms with E-state index in [4.69, 9.17) is 4.55 Å². The monoisotopic (exact) mass is 413 g/mol. The fourth-order valence-corrected chi connectivity index (χ4v) is 5.08. The van der Waals surface area contributed by atoms with Crippen LogP contribution in [-0.2, 0) is 17.2 Å². The van der Waals surface area contributed by atoms with Gasteiger partial charge in [0.1, 0.15) is 7.05 Å². The van der Waals surface area contributed by atoms with Crippen molar-refractivity contribution in [1.29, 1.82) is 0 Å². The number of aryl methyl sites for hydroxylation is 1. The second-order valence-electron chi connectivity index (χ2n) is 6.74. The molecule has 0 saturated heterocycles. The van der Waals surface area contributed by atoms with Crippen LogP contribution in [0.3, 0.4) is 0 Å². The molecular weight excluding hydrogens is 392 g/mol. The molecule has 2 heterocycles. The van der Waals surface area contributed by atoms with E-state index in [9.17, 15) is 8.42 Å². The molecule has 0 aliphatic carbocycles. The van der Waals surface area contributed by atoms with Crippen molar-refractivity contribution in [1.82, 2.24) is 0 Å². The lowest BCUT2D eigenvalue weighted by Crippen LogP contribution is -2.28. The van der Waals surface area contributed by atoms with Crippen LogP contribution in [0.25, 0.3) is 17.0 Å². The molecule has 0 spiro atoms. The van der Waals surface area contributed by atoms with E-state index in [1.165, 1.54) is 0 Å². The molecule has 0 fully saturated rings. The summed E-state index contributed by atoms with van der Waals surface area (Å²) in [7, 11) is -1.93. The minimum atomic E-state index is -3.96. The van der Waals surface area contributed by atoms with Gasteiger partial charge in [-0.3, -0.25) is 4.55 Å². The number of anilines is 1. The Morgan fingerprint density at radius 1 is 1.11 bits per heavy atom. The summed E-state index contributed by atoms with van der Waals surface area (Å²) in [4.78, 5) is 3.28. The molecule has 0 saturated carbocycles. The van der Waals surface area contributed by atoms with Crippen molar-refractivity contribution >= 4 is 44.5 Å². The van der Waals surface area contributed by atoms with Crippen LogP contribution in [0, 0.1) is 0 Å². The molecule has 0 bridgehead atoms. The molecule has 0 atom stereocenters. The van der Waals surface area contributed by atoms with Crippen molar-refractivity contribution in [3.8, 4) is 0 Å². The summed E-state index contributed by atoms with van der Waals surface area (Å²) in [5.74, 6) is -0.242. The maximum Gasteiger partial charge on any atom is 0.264 e. The summed E-state index contributed by atoms with van der Waals surface area (Å²) in [6.07, 6.45) is 4.56. The van der Waals surface area contributed by atoms with Gasteiger partial charge in [0.15, 0.2) is 6.20 Å². The van der Waals surface area contributed by atoms with E-state index in [-0.39, 0.29) is 5.75 Å². The highest BCUT2D eigenvalue weighted by atomic mass is 32.2. The van der Waals surface area contributed by atoms with Crippen molar-refractivity contribution in [3.05, 3.63) is 71.4 Å². The first-order valence-electron chi connectivity index (χ1n) is 9.01. The quantitative estimate of drug-likeness (QED) is 0.508. The van der Waals surface area contributed by atoms with E-state index < -0.39 is 10.1 Å². The van der Waals surface area contributed by atoms with E-state index in [2.05, 4.69) is 39.8 Å². The predicted molar refractivity (Wildman–Crippen MR) is 114 cm³/mol. The minimum absolute atomic E-state index is 0.242. The third-order valence-corrected chi connectivity index (χ3v) is 6.69. The third-order valence-electron chi connectivity index (χ3n) is 4.77. The van der Waals surface area contributed by atoms with Crippen molar-refractivity contribution in [2.24, 2.45) is 7.05 Å². The Labute approximate surface area is 169 Å². The first-order chi connectivity index (χ1) is 13.4. The standard InChI is InChI=1S/C21H20N2O3S2/c1-22-13-11-16(17-7-2-3-8-18(17)22)15-21-23(12-6-14-28(24,25)26)19-9-4-5-10-20(19)27-21/h2-5,7-11,13,15H,6,12,14H2,1H3/p+1. The van der Waals surface area contributed by atoms with Gasteiger partial charge in [0.05, 0.1) is 21.9 Å². The van der Waals surface area contributed by atoms with Crippen LogP contribution in [0.2, 0.25) is 0 Å². The molecule has 1 aliphatic rings. The maximum atomic E-state index is 11.1. The van der Waals surface area contributed by atoms with Gasteiger partial charge in [-0.25, -0.2) is 4.57 Å². The molecule has 28 heavy (non-hydrogen) atoms. The number of pyridine rings is 1. The van der Waals surface area contributed by atoms with Gasteiger partial charge in [0, 0.05) is 23.6 Å². The van der Waals surface area contributed by atoms with E-state index in [0.717, 1.165) is 32.1 Å². The second-order valence-corrected chi connectivity index (χ2v) is 9.38. The Bertz CT molecular complexity index is 1170. The number of rotatable bonds is 5. The zero-order chi connectivity index (χ0) is 19.7. The molecule has 2 aromatic carbocycles. The molecule has 1 aliphatic heterocycles.